The second-order valence-electron chi connectivity index (χ2n) is 4.27. The van der Waals surface area contributed by atoms with E-state index in [0.717, 1.165) is 17.8 Å². The van der Waals surface area contributed by atoms with Crippen molar-refractivity contribution in [3.8, 4) is 0 Å². The number of rotatable bonds is 1. The number of hydrogen-bond acceptors (Lipinski definition) is 2. The lowest BCUT2D eigenvalue weighted by molar-refractivity contribution is 0.0694. The summed E-state index contributed by atoms with van der Waals surface area (Å²) in [5, 5.41) is 12.3. The Morgan fingerprint density at radius 1 is 1.50 bits per heavy atom. The number of fused-ring (bicyclic) bond motifs is 1. The van der Waals surface area contributed by atoms with E-state index in [2.05, 4.69) is 19.2 Å². The molecule has 0 aliphatic carbocycles. The van der Waals surface area contributed by atoms with Gasteiger partial charge in [0.05, 0.1) is 5.56 Å². The average molecular weight is 191 g/mol. The van der Waals surface area contributed by atoms with Gasteiger partial charge in [0.25, 0.3) is 0 Å². The molecule has 2 N–H and O–H groups in total. The SMILES string of the molecule is CC1(C)CNc2cccc(C(=O)O)c21. The number of benzene rings is 1. The van der Waals surface area contributed by atoms with Crippen LogP contribution in [0.5, 0.6) is 0 Å². The third kappa shape index (κ3) is 1.16. The zero-order chi connectivity index (χ0) is 10.3. The third-order valence-electron chi connectivity index (χ3n) is 2.69. The van der Waals surface area contributed by atoms with Gasteiger partial charge in [-0.1, -0.05) is 19.9 Å². The van der Waals surface area contributed by atoms with Gasteiger partial charge in [-0.3, -0.25) is 0 Å². The molecule has 0 atom stereocenters. The summed E-state index contributed by atoms with van der Waals surface area (Å²) in [4.78, 5) is 11.0. The molecule has 1 aromatic carbocycles. The summed E-state index contributed by atoms with van der Waals surface area (Å²) < 4.78 is 0. The van der Waals surface area contributed by atoms with E-state index in [4.69, 9.17) is 5.11 Å². The summed E-state index contributed by atoms with van der Waals surface area (Å²) in [6.07, 6.45) is 0. The van der Waals surface area contributed by atoms with Crippen LogP contribution in [0.25, 0.3) is 0 Å². The fourth-order valence-corrected chi connectivity index (χ4v) is 2.01. The molecule has 0 fully saturated rings. The molecule has 3 nitrogen and oxygen atoms in total. The highest BCUT2D eigenvalue weighted by atomic mass is 16.4. The van der Waals surface area contributed by atoms with Gasteiger partial charge in [0, 0.05) is 17.6 Å². The molecule has 1 aromatic rings. The predicted octanol–water partition coefficient (Wildman–Crippen LogP) is 2.09. The fraction of sp³-hybridized carbons (Fsp3) is 0.364. The molecular formula is C11H13NO2. The molecule has 1 aliphatic rings. The van der Waals surface area contributed by atoms with Crippen molar-refractivity contribution >= 4 is 11.7 Å². The molecular weight excluding hydrogens is 178 g/mol. The lowest BCUT2D eigenvalue weighted by Crippen LogP contribution is -2.21. The molecule has 2 rings (SSSR count). The van der Waals surface area contributed by atoms with Crippen molar-refractivity contribution in [3.63, 3.8) is 0 Å². The van der Waals surface area contributed by atoms with Gasteiger partial charge in [0.1, 0.15) is 0 Å². The summed E-state index contributed by atoms with van der Waals surface area (Å²) in [7, 11) is 0. The van der Waals surface area contributed by atoms with Crippen LogP contribution in [0.15, 0.2) is 18.2 Å². The number of anilines is 1. The molecule has 0 bridgehead atoms. The first-order valence-electron chi connectivity index (χ1n) is 4.63. The number of nitrogens with one attached hydrogen (secondary N) is 1. The highest BCUT2D eigenvalue weighted by Crippen LogP contribution is 2.38. The molecule has 1 aliphatic heterocycles. The summed E-state index contributed by atoms with van der Waals surface area (Å²) in [6, 6.07) is 5.36. The van der Waals surface area contributed by atoms with Crippen LogP contribution in [0, 0.1) is 0 Å². The van der Waals surface area contributed by atoms with Crippen molar-refractivity contribution in [2.75, 3.05) is 11.9 Å². The number of carboxylic acid groups (broad SMARTS) is 1. The standard InChI is InChI=1S/C11H13NO2/c1-11(2)6-12-8-5-3-4-7(9(8)11)10(13)14/h3-5,12H,6H2,1-2H3,(H,13,14). The van der Waals surface area contributed by atoms with Crippen molar-refractivity contribution in [2.24, 2.45) is 0 Å². The molecule has 14 heavy (non-hydrogen) atoms. The minimum Gasteiger partial charge on any atom is -0.478 e. The second-order valence-corrected chi connectivity index (χ2v) is 4.27. The average Bonchev–Trinajstić information content (AvgIpc) is 2.43. The Bertz CT molecular complexity index is 396. The Hall–Kier alpha value is -1.51. The van der Waals surface area contributed by atoms with Crippen LogP contribution in [0.2, 0.25) is 0 Å². The molecule has 1 heterocycles. The number of hydrogen-bond donors (Lipinski definition) is 2. The smallest absolute Gasteiger partial charge is 0.336 e. The van der Waals surface area contributed by atoms with Gasteiger partial charge in [-0.2, -0.15) is 0 Å². The minimum atomic E-state index is -0.848. The van der Waals surface area contributed by atoms with Crippen LogP contribution >= 0.6 is 0 Å². The molecule has 0 aromatic heterocycles. The Labute approximate surface area is 82.8 Å². The topological polar surface area (TPSA) is 49.3 Å². The summed E-state index contributed by atoms with van der Waals surface area (Å²) in [5.74, 6) is -0.848. The van der Waals surface area contributed by atoms with E-state index in [9.17, 15) is 4.79 Å². The van der Waals surface area contributed by atoms with Crippen LogP contribution in [-0.4, -0.2) is 17.6 Å². The maximum Gasteiger partial charge on any atom is 0.336 e. The number of aromatic carboxylic acids is 1. The molecule has 74 valence electrons. The Morgan fingerprint density at radius 3 is 2.86 bits per heavy atom. The molecule has 0 amide bonds. The normalized spacial score (nSPS) is 17.3. The molecule has 0 unspecified atom stereocenters. The Kier molecular flexibility index (Phi) is 1.77. The van der Waals surface area contributed by atoms with Crippen LogP contribution in [0.4, 0.5) is 5.69 Å². The van der Waals surface area contributed by atoms with E-state index >= 15 is 0 Å². The zero-order valence-electron chi connectivity index (χ0n) is 8.29. The van der Waals surface area contributed by atoms with Crippen molar-refractivity contribution in [3.05, 3.63) is 29.3 Å². The minimum absolute atomic E-state index is 0.0929. The molecule has 3 heteroatoms. The van der Waals surface area contributed by atoms with Crippen LogP contribution < -0.4 is 5.32 Å². The predicted molar refractivity (Wildman–Crippen MR) is 54.9 cm³/mol. The first-order valence-corrected chi connectivity index (χ1v) is 4.63. The molecule has 0 saturated heterocycles. The number of carbonyl (C=O) groups is 1. The van der Waals surface area contributed by atoms with Crippen LogP contribution in [0.3, 0.4) is 0 Å². The van der Waals surface area contributed by atoms with Gasteiger partial charge in [-0.25, -0.2) is 4.79 Å². The van der Waals surface area contributed by atoms with Gasteiger partial charge in [0.15, 0.2) is 0 Å². The van der Waals surface area contributed by atoms with Gasteiger partial charge in [-0.15, -0.1) is 0 Å². The van der Waals surface area contributed by atoms with E-state index in [-0.39, 0.29) is 5.41 Å². The summed E-state index contributed by atoms with van der Waals surface area (Å²) in [5.41, 5.74) is 2.20. The van der Waals surface area contributed by atoms with Crippen molar-refractivity contribution in [2.45, 2.75) is 19.3 Å². The quantitative estimate of drug-likeness (QED) is 0.714. The lowest BCUT2D eigenvalue weighted by Gasteiger charge is -2.18. The molecule has 0 saturated carbocycles. The fourth-order valence-electron chi connectivity index (χ4n) is 2.01. The van der Waals surface area contributed by atoms with E-state index in [0.29, 0.717) is 5.56 Å². The number of carboxylic acids is 1. The van der Waals surface area contributed by atoms with Gasteiger partial charge in [-0.05, 0) is 17.7 Å². The van der Waals surface area contributed by atoms with Crippen molar-refractivity contribution in [1.82, 2.24) is 0 Å². The van der Waals surface area contributed by atoms with Crippen molar-refractivity contribution < 1.29 is 9.90 Å². The Balaban J connectivity index is 2.66. The van der Waals surface area contributed by atoms with E-state index < -0.39 is 5.97 Å². The second kappa shape index (κ2) is 2.74. The zero-order valence-corrected chi connectivity index (χ0v) is 8.29. The maximum atomic E-state index is 11.0. The van der Waals surface area contributed by atoms with Crippen LogP contribution in [0.1, 0.15) is 29.8 Å². The van der Waals surface area contributed by atoms with Gasteiger partial charge < -0.3 is 10.4 Å². The van der Waals surface area contributed by atoms with Gasteiger partial charge in [0.2, 0.25) is 0 Å². The monoisotopic (exact) mass is 191 g/mol. The van der Waals surface area contributed by atoms with E-state index in [1.54, 1.807) is 12.1 Å². The highest BCUT2D eigenvalue weighted by Gasteiger charge is 2.33. The molecule has 0 radical (unpaired) electrons. The van der Waals surface area contributed by atoms with Crippen LogP contribution in [-0.2, 0) is 5.41 Å². The lowest BCUT2D eigenvalue weighted by atomic mass is 9.84. The summed E-state index contributed by atoms with van der Waals surface area (Å²) in [6.45, 7) is 4.91. The first kappa shape index (κ1) is 9.06. The largest absolute Gasteiger partial charge is 0.478 e. The molecule has 0 spiro atoms. The Morgan fingerprint density at radius 2 is 2.21 bits per heavy atom. The third-order valence-corrected chi connectivity index (χ3v) is 2.69. The van der Waals surface area contributed by atoms with E-state index in [1.165, 1.54) is 0 Å². The first-order chi connectivity index (χ1) is 6.52. The van der Waals surface area contributed by atoms with Gasteiger partial charge >= 0.3 is 5.97 Å². The maximum absolute atomic E-state index is 11.0. The summed E-state index contributed by atoms with van der Waals surface area (Å²) >= 11 is 0. The van der Waals surface area contributed by atoms with Crippen molar-refractivity contribution in [1.29, 1.82) is 0 Å². The highest BCUT2D eigenvalue weighted by molar-refractivity contribution is 5.92. The van der Waals surface area contributed by atoms with E-state index in [1.807, 2.05) is 6.07 Å².